The third-order valence-corrected chi connectivity index (χ3v) is 8.71. The van der Waals surface area contributed by atoms with Crippen LogP contribution in [0.25, 0.3) is 22.5 Å². The lowest BCUT2D eigenvalue weighted by atomic mass is 9.81. The average Bonchev–Trinajstić information content (AvgIpc) is 3.64. The van der Waals surface area contributed by atoms with Crippen LogP contribution in [0.2, 0.25) is 0 Å². The SMILES string of the molecule is Cc1nc(C(=O)N[C@H](C)CO)ccc1-c1ccc(C[C@H](N)C(=O)N(C(=O)C2CCC(CN)CC2)c2ccc(-c3nn[nH]n3)cc2)cc1.Cl. The van der Waals surface area contributed by atoms with Crippen molar-refractivity contribution < 1.29 is 19.5 Å². The van der Waals surface area contributed by atoms with Gasteiger partial charge in [-0.15, -0.1) is 22.6 Å². The quantitative estimate of drug-likeness (QED) is 0.157. The van der Waals surface area contributed by atoms with Crippen molar-refractivity contribution in [3.63, 3.8) is 0 Å². The summed E-state index contributed by atoms with van der Waals surface area (Å²) in [5, 5.41) is 25.9. The Morgan fingerprint density at radius 3 is 2.25 bits per heavy atom. The Balaban J connectivity index is 0.00000520. The first kappa shape index (κ1) is 36.3. The van der Waals surface area contributed by atoms with E-state index in [9.17, 15) is 19.5 Å². The fourth-order valence-corrected chi connectivity index (χ4v) is 5.90. The minimum absolute atomic E-state index is 0. The van der Waals surface area contributed by atoms with Crippen molar-refractivity contribution in [2.45, 2.75) is 58.0 Å². The highest BCUT2D eigenvalue weighted by Crippen LogP contribution is 2.32. The number of tetrazole rings is 1. The number of aliphatic hydroxyl groups is 1. The number of aromatic nitrogens is 5. The zero-order valence-corrected chi connectivity index (χ0v) is 27.8. The number of carbonyl (C=O) groups excluding carboxylic acids is 3. The van der Waals surface area contributed by atoms with Gasteiger partial charge in [-0.3, -0.25) is 14.4 Å². The minimum atomic E-state index is -0.968. The molecule has 1 aliphatic carbocycles. The van der Waals surface area contributed by atoms with Crippen molar-refractivity contribution in [1.29, 1.82) is 0 Å². The highest BCUT2D eigenvalue weighted by Gasteiger charge is 2.35. The molecule has 0 saturated heterocycles. The number of halogens is 1. The van der Waals surface area contributed by atoms with Gasteiger partial charge in [-0.2, -0.15) is 5.21 Å². The monoisotopic (exact) mass is 675 g/mol. The van der Waals surface area contributed by atoms with Crippen molar-refractivity contribution >= 4 is 35.8 Å². The number of nitrogens with zero attached hydrogens (tertiary/aromatic N) is 5. The lowest BCUT2D eigenvalue weighted by molar-refractivity contribution is -0.130. The lowest BCUT2D eigenvalue weighted by Crippen LogP contribution is -2.50. The zero-order valence-electron chi connectivity index (χ0n) is 27.0. The average molecular weight is 676 g/mol. The number of aromatic amines is 1. The van der Waals surface area contributed by atoms with Crippen molar-refractivity contribution in [2.75, 3.05) is 18.1 Å². The molecule has 254 valence electrons. The minimum Gasteiger partial charge on any atom is -0.394 e. The van der Waals surface area contributed by atoms with E-state index in [0.717, 1.165) is 29.5 Å². The first-order valence-electron chi connectivity index (χ1n) is 15.8. The van der Waals surface area contributed by atoms with E-state index in [1.165, 1.54) is 4.90 Å². The normalized spacial score (nSPS) is 17.1. The highest BCUT2D eigenvalue weighted by molar-refractivity contribution is 6.17. The number of aliphatic hydroxyl groups excluding tert-OH is 1. The molecule has 0 spiro atoms. The van der Waals surface area contributed by atoms with E-state index >= 15 is 0 Å². The molecule has 3 amide bonds. The summed E-state index contributed by atoms with van der Waals surface area (Å²) in [4.78, 5) is 45.9. The second kappa shape index (κ2) is 16.5. The molecule has 2 heterocycles. The molecule has 2 aromatic heterocycles. The number of hydrogen-bond acceptors (Lipinski definition) is 10. The summed E-state index contributed by atoms with van der Waals surface area (Å²) in [6.07, 6.45) is 3.26. The Morgan fingerprint density at radius 2 is 1.67 bits per heavy atom. The van der Waals surface area contributed by atoms with Gasteiger partial charge < -0.3 is 21.9 Å². The second-order valence-electron chi connectivity index (χ2n) is 12.1. The van der Waals surface area contributed by atoms with Crippen molar-refractivity contribution in [3.8, 4) is 22.5 Å². The number of anilines is 1. The fraction of sp³-hybridized carbons (Fsp3) is 0.382. The topological polar surface area (TPSA) is 206 Å². The number of carbonyl (C=O) groups is 3. The molecule has 2 aromatic carbocycles. The molecule has 48 heavy (non-hydrogen) atoms. The van der Waals surface area contributed by atoms with Crippen molar-refractivity contribution in [2.24, 2.45) is 23.3 Å². The zero-order chi connectivity index (χ0) is 33.5. The maximum atomic E-state index is 13.9. The molecule has 0 bridgehead atoms. The van der Waals surface area contributed by atoms with Gasteiger partial charge >= 0.3 is 0 Å². The molecule has 14 heteroatoms. The van der Waals surface area contributed by atoms with Gasteiger partial charge in [-0.1, -0.05) is 30.3 Å². The Kier molecular flexibility index (Phi) is 12.5. The Hall–Kier alpha value is -4.56. The molecule has 1 aliphatic rings. The highest BCUT2D eigenvalue weighted by atomic mass is 35.5. The lowest BCUT2D eigenvalue weighted by Gasteiger charge is -2.32. The molecule has 7 N–H and O–H groups in total. The van der Waals surface area contributed by atoms with Gasteiger partial charge in [0.15, 0.2) is 0 Å². The molecule has 13 nitrogen and oxygen atoms in total. The summed E-state index contributed by atoms with van der Waals surface area (Å²) < 4.78 is 0. The molecular weight excluding hydrogens is 634 g/mol. The van der Waals surface area contributed by atoms with Gasteiger partial charge in [0, 0.05) is 28.8 Å². The third-order valence-electron chi connectivity index (χ3n) is 8.71. The van der Waals surface area contributed by atoms with Crippen LogP contribution < -0.4 is 21.7 Å². The van der Waals surface area contributed by atoms with Crippen LogP contribution in [-0.4, -0.2) is 73.7 Å². The van der Waals surface area contributed by atoms with Crippen molar-refractivity contribution in [3.05, 3.63) is 77.6 Å². The summed E-state index contributed by atoms with van der Waals surface area (Å²) in [7, 11) is 0. The first-order chi connectivity index (χ1) is 22.7. The van der Waals surface area contributed by atoms with Crippen LogP contribution in [0.15, 0.2) is 60.7 Å². The Labute approximate surface area is 285 Å². The Bertz CT molecular complexity index is 1680. The predicted octanol–water partition coefficient (Wildman–Crippen LogP) is 2.96. The fourth-order valence-electron chi connectivity index (χ4n) is 5.90. The number of benzene rings is 2. The van der Waals surface area contributed by atoms with Crippen LogP contribution >= 0.6 is 12.4 Å². The van der Waals surface area contributed by atoms with E-state index in [1.807, 2.05) is 37.3 Å². The van der Waals surface area contributed by atoms with Crippen LogP contribution in [0, 0.1) is 18.8 Å². The standard InChI is InChI=1S/C34H41N9O4.ClH/c1-20(19-44)37-32(45)30-16-15-28(21(2)38-30)24-7-3-22(4-8-24)17-29(36)34(47)43(33(46)26-9-5-23(18-35)6-10-26)27-13-11-25(12-14-27)31-39-41-42-40-31;/h3-4,7-8,11-16,20,23,26,29,44H,5-6,9-10,17-19,35-36H2,1-2H3,(H,37,45)(H,39,40,41,42);1H/t20-,23?,26?,29+;/m1./s1. The number of imide groups is 1. The molecule has 4 aromatic rings. The maximum Gasteiger partial charge on any atom is 0.270 e. The number of amides is 3. The van der Waals surface area contributed by atoms with Crippen LogP contribution in [0.4, 0.5) is 5.69 Å². The number of pyridine rings is 1. The van der Waals surface area contributed by atoms with E-state index < -0.39 is 11.9 Å². The van der Waals surface area contributed by atoms with Crippen molar-refractivity contribution in [1.82, 2.24) is 30.9 Å². The predicted molar refractivity (Wildman–Crippen MR) is 184 cm³/mol. The van der Waals surface area contributed by atoms with Gasteiger partial charge in [0.25, 0.3) is 11.8 Å². The maximum absolute atomic E-state index is 13.9. The largest absolute Gasteiger partial charge is 0.394 e. The van der Waals surface area contributed by atoms with E-state index in [0.29, 0.717) is 48.1 Å². The van der Waals surface area contributed by atoms with E-state index in [-0.39, 0.29) is 54.9 Å². The molecule has 0 unspecified atom stereocenters. The van der Waals surface area contributed by atoms with E-state index in [4.69, 9.17) is 11.5 Å². The van der Waals surface area contributed by atoms with E-state index in [1.54, 1.807) is 37.3 Å². The summed E-state index contributed by atoms with van der Waals surface area (Å²) >= 11 is 0. The number of rotatable bonds is 11. The number of H-pyrrole nitrogens is 1. The number of aryl methyl sites for hydroxylation is 1. The summed E-state index contributed by atoms with van der Waals surface area (Å²) in [6, 6.07) is 16.6. The van der Waals surface area contributed by atoms with Gasteiger partial charge in [0.1, 0.15) is 5.69 Å². The Morgan fingerprint density at radius 1 is 1.00 bits per heavy atom. The van der Waals surface area contributed by atoms with Gasteiger partial charge in [-0.25, -0.2) is 9.88 Å². The van der Waals surface area contributed by atoms with Crippen LogP contribution in [-0.2, 0) is 16.0 Å². The van der Waals surface area contributed by atoms with Crippen LogP contribution in [0.5, 0.6) is 0 Å². The van der Waals surface area contributed by atoms with Gasteiger partial charge in [0.2, 0.25) is 11.7 Å². The van der Waals surface area contributed by atoms with Gasteiger partial charge in [0.05, 0.1) is 18.3 Å². The number of hydrogen-bond donors (Lipinski definition) is 5. The number of nitrogens with one attached hydrogen (secondary N) is 2. The summed E-state index contributed by atoms with van der Waals surface area (Å²) in [5.41, 5.74) is 17.0. The summed E-state index contributed by atoms with van der Waals surface area (Å²) in [6.45, 7) is 3.96. The third kappa shape index (κ3) is 8.47. The smallest absolute Gasteiger partial charge is 0.270 e. The van der Waals surface area contributed by atoms with Crippen LogP contribution in [0.3, 0.4) is 0 Å². The van der Waals surface area contributed by atoms with Crippen LogP contribution in [0.1, 0.15) is 54.4 Å². The van der Waals surface area contributed by atoms with Gasteiger partial charge in [-0.05, 0) is 105 Å². The van der Waals surface area contributed by atoms with E-state index in [2.05, 4.69) is 30.9 Å². The molecule has 2 atom stereocenters. The second-order valence-corrected chi connectivity index (χ2v) is 12.1. The molecule has 0 radical (unpaired) electrons. The molecule has 5 rings (SSSR count). The molecule has 0 aliphatic heterocycles. The molecule has 1 saturated carbocycles. The molecule has 1 fully saturated rings. The number of nitrogens with two attached hydrogens (primary N) is 2. The molecular formula is C34H42ClN9O4. The first-order valence-corrected chi connectivity index (χ1v) is 15.8. The summed E-state index contributed by atoms with van der Waals surface area (Å²) in [5.74, 6) is -0.584.